The topological polar surface area (TPSA) is 172 Å². The highest BCUT2D eigenvalue weighted by molar-refractivity contribution is 6.23. The predicted molar refractivity (Wildman–Crippen MR) is 172 cm³/mol. The number of rotatable bonds is 8. The zero-order valence-electron chi connectivity index (χ0n) is 25.3. The number of hydrogen-bond acceptors (Lipinski definition) is 9. The van der Waals surface area contributed by atoms with Crippen molar-refractivity contribution in [2.45, 2.75) is 18.9 Å². The second-order valence-electron chi connectivity index (χ2n) is 11.7. The molecule has 240 valence electrons. The van der Waals surface area contributed by atoms with Crippen LogP contribution in [0.1, 0.15) is 33.6 Å². The van der Waals surface area contributed by atoms with Crippen molar-refractivity contribution >= 4 is 52.1 Å². The van der Waals surface area contributed by atoms with Crippen LogP contribution in [0.2, 0.25) is 0 Å². The van der Waals surface area contributed by atoms with Gasteiger partial charge in [0.05, 0.1) is 22.2 Å². The highest BCUT2D eigenvalue weighted by Crippen LogP contribution is 2.31. The van der Waals surface area contributed by atoms with Crippen molar-refractivity contribution in [2.75, 3.05) is 49.5 Å². The van der Waals surface area contributed by atoms with E-state index in [0.717, 1.165) is 65.8 Å². The summed E-state index contributed by atoms with van der Waals surface area (Å²) in [5.41, 5.74) is 9.81. The number of nitrogens with one attached hydrogen (secondary N) is 2. The normalized spacial score (nSPS) is 18.4. The maximum atomic E-state index is 13.2. The number of benzene rings is 3. The predicted octanol–water partition coefficient (Wildman–Crippen LogP) is 2.12. The van der Waals surface area contributed by atoms with E-state index in [1.54, 1.807) is 30.6 Å². The van der Waals surface area contributed by atoms with Gasteiger partial charge in [0, 0.05) is 62.3 Å². The van der Waals surface area contributed by atoms with Gasteiger partial charge in [-0.15, -0.1) is 0 Å². The lowest BCUT2D eigenvalue weighted by molar-refractivity contribution is -0.136. The summed E-state index contributed by atoms with van der Waals surface area (Å²) < 4.78 is 8.02. The number of urea groups is 1. The summed E-state index contributed by atoms with van der Waals surface area (Å²) in [5.74, 6) is -1.30. The van der Waals surface area contributed by atoms with Gasteiger partial charge in [-0.25, -0.2) is 9.78 Å². The first kappa shape index (κ1) is 29.9. The van der Waals surface area contributed by atoms with Gasteiger partial charge in [-0.2, -0.15) is 0 Å². The SMILES string of the molecule is NC(=O)Nc1ccc(-n2cnc3cc(OCCN4CCN(c5ccc6c(c5)C(=O)N(C5CCC(=O)NC5=O)C6=O)CC4)ccc32)cc1. The summed E-state index contributed by atoms with van der Waals surface area (Å²) in [6, 6.07) is 16.7. The summed E-state index contributed by atoms with van der Waals surface area (Å²) >= 11 is 0. The van der Waals surface area contributed by atoms with Gasteiger partial charge in [-0.1, -0.05) is 0 Å². The Bertz CT molecular complexity index is 1910. The van der Waals surface area contributed by atoms with E-state index in [0.29, 0.717) is 12.3 Å². The first-order valence-electron chi connectivity index (χ1n) is 15.3. The van der Waals surface area contributed by atoms with E-state index in [1.165, 1.54) is 0 Å². The number of hydrogen-bond donors (Lipinski definition) is 3. The molecule has 2 fully saturated rings. The molecule has 7 rings (SSSR count). The first-order chi connectivity index (χ1) is 22.7. The van der Waals surface area contributed by atoms with Gasteiger partial charge in [0.15, 0.2) is 0 Å². The Balaban J connectivity index is 0.916. The number of piperazine rings is 1. The minimum Gasteiger partial charge on any atom is -0.492 e. The molecule has 2 saturated heterocycles. The number of piperidine rings is 1. The van der Waals surface area contributed by atoms with Gasteiger partial charge in [0.1, 0.15) is 24.7 Å². The summed E-state index contributed by atoms with van der Waals surface area (Å²) in [4.78, 5) is 71.2. The van der Waals surface area contributed by atoms with Crippen LogP contribution >= 0.6 is 0 Å². The van der Waals surface area contributed by atoms with Crippen LogP contribution in [-0.4, -0.2) is 94.4 Å². The van der Waals surface area contributed by atoms with Gasteiger partial charge in [0.25, 0.3) is 11.8 Å². The van der Waals surface area contributed by atoms with E-state index in [4.69, 9.17) is 10.5 Å². The van der Waals surface area contributed by atoms with Crippen LogP contribution in [0.3, 0.4) is 0 Å². The Labute approximate surface area is 269 Å². The Hall–Kier alpha value is -5.76. The summed E-state index contributed by atoms with van der Waals surface area (Å²) in [5, 5.41) is 4.77. The van der Waals surface area contributed by atoms with E-state index < -0.39 is 35.7 Å². The molecule has 4 N–H and O–H groups in total. The number of amides is 6. The molecular weight excluding hydrogens is 604 g/mol. The highest BCUT2D eigenvalue weighted by atomic mass is 16.5. The molecule has 0 radical (unpaired) electrons. The highest BCUT2D eigenvalue weighted by Gasteiger charge is 2.44. The molecule has 4 heterocycles. The molecule has 0 spiro atoms. The van der Waals surface area contributed by atoms with E-state index in [9.17, 15) is 24.0 Å². The van der Waals surface area contributed by atoms with Crippen molar-refractivity contribution in [3.63, 3.8) is 0 Å². The average Bonchev–Trinajstić information content (AvgIpc) is 3.59. The van der Waals surface area contributed by atoms with Crippen molar-refractivity contribution in [2.24, 2.45) is 5.73 Å². The van der Waals surface area contributed by atoms with Crippen LogP contribution in [0.5, 0.6) is 5.75 Å². The number of fused-ring (bicyclic) bond motifs is 2. The molecule has 4 aromatic rings. The lowest BCUT2D eigenvalue weighted by Gasteiger charge is -2.36. The Morgan fingerprint density at radius 2 is 1.66 bits per heavy atom. The first-order valence-corrected chi connectivity index (χ1v) is 15.3. The average molecular weight is 637 g/mol. The molecule has 0 aliphatic carbocycles. The van der Waals surface area contributed by atoms with E-state index in [2.05, 4.69) is 25.4 Å². The standard InChI is InChI=1S/C33H32N8O6/c34-33(46)36-20-1-3-21(4-2-20)40-19-35-26-18-23(6-8-27(26)40)47-16-15-38-11-13-39(14-12-38)22-5-7-24-25(17-22)32(45)41(31(24)44)28-9-10-29(42)37-30(28)43/h1-8,17-19,28H,9-16H2,(H3,34,36,46)(H,37,42,43). The van der Waals surface area contributed by atoms with E-state index >= 15 is 0 Å². The summed E-state index contributed by atoms with van der Waals surface area (Å²) in [6.45, 7) is 4.32. The van der Waals surface area contributed by atoms with Crippen molar-refractivity contribution in [1.82, 2.24) is 24.7 Å². The number of carbonyl (C=O) groups is 5. The van der Waals surface area contributed by atoms with Crippen molar-refractivity contribution < 1.29 is 28.7 Å². The van der Waals surface area contributed by atoms with Crippen molar-refractivity contribution in [3.05, 3.63) is 78.1 Å². The van der Waals surface area contributed by atoms with Crippen LogP contribution in [-0.2, 0) is 9.59 Å². The molecular formula is C33H32N8O6. The number of nitrogens with zero attached hydrogens (tertiary/aromatic N) is 5. The Morgan fingerprint density at radius 3 is 2.40 bits per heavy atom. The molecule has 1 aromatic heterocycles. The summed E-state index contributed by atoms with van der Waals surface area (Å²) in [6.07, 6.45) is 1.96. The van der Waals surface area contributed by atoms with Crippen LogP contribution in [0.25, 0.3) is 16.7 Å². The molecule has 6 amide bonds. The molecule has 14 nitrogen and oxygen atoms in total. The van der Waals surface area contributed by atoms with Gasteiger partial charge < -0.3 is 20.7 Å². The van der Waals surface area contributed by atoms with Crippen LogP contribution < -0.4 is 26.0 Å². The Kier molecular flexibility index (Phi) is 7.77. The Morgan fingerprint density at radius 1 is 0.915 bits per heavy atom. The number of primary amides is 1. The monoisotopic (exact) mass is 636 g/mol. The maximum Gasteiger partial charge on any atom is 0.316 e. The molecule has 1 unspecified atom stereocenters. The van der Waals surface area contributed by atoms with Gasteiger partial charge in [0.2, 0.25) is 11.8 Å². The zero-order chi connectivity index (χ0) is 32.7. The maximum absolute atomic E-state index is 13.2. The van der Waals surface area contributed by atoms with Gasteiger partial charge >= 0.3 is 6.03 Å². The fraction of sp³-hybridized carbons (Fsp3) is 0.273. The third-order valence-electron chi connectivity index (χ3n) is 8.77. The number of anilines is 2. The molecule has 14 heteroatoms. The third-order valence-corrected chi connectivity index (χ3v) is 8.77. The molecule has 47 heavy (non-hydrogen) atoms. The number of imide groups is 2. The number of ether oxygens (including phenoxy) is 1. The summed E-state index contributed by atoms with van der Waals surface area (Å²) in [7, 11) is 0. The van der Waals surface area contributed by atoms with Crippen LogP contribution in [0, 0.1) is 0 Å². The second kappa shape index (κ2) is 12.2. The largest absolute Gasteiger partial charge is 0.492 e. The molecule has 0 saturated carbocycles. The zero-order valence-corrected chi connectivity index (χ0v) is 25.3. The minimum atomic E-state index is -0.980. The minimum absolute atomic E-state index is 0.0847. The molecule has 1 atom stereocenters. The lowest BCUT2D eigenvalue weighted by Crippen LogP contribution is -2.54. The lowest BCUT2D eigenvalue weighted by atomic mass is 10.0. The van der Waals surface area contributed by atoms with Gasteiger partial charge in [-0.3, -0.25) is 38.9 Å². The van der Waals surface area contributed by atoms with Crippen LogP contribution in [0.4, 0.5) is 16.2 Å². The quantitative estimate of drug-likeness (QED) is 0.245. The molecule has 0 bridgehead atoms. The fourth-order valence-corrected chi connectivity index (χ4v) is 6.31. The van der Waals surface area contributed by atoms with Crippen LogP contribution in [0.15, 0.2) is 67.0 Å². The number of nitrogens with two attached hydrogens (primary N) is 1. The fourth-order valence-electron chi connectivity index (χ4n) is 6.31. The molecule has 3 aliphatic heterocycles. The van der Waals surface area contributed by atoms with Gasteiger partial charge in [-0.05, 0) is 61.0 Å². The van der Waals surface area contributed by atoms with Crippen molar-refractivity contribution in [3.8, 4) is 11.4 Å². The molecule has 3 aromatic carbocycles. The number of aromatic nitrogens is 2. The smallest absolute Gasteiger partial charge is 0.316 e. The third kappa shape index (κ3) is 5.86. The van der Waals surface area contributed by atoms with Crippen molar-refractivity contribution in [1.29, 1.82) is 0 Å². The molecule has 3 aliphatic rings. The number of imidazole rings is 1. The number of carbonyl (C=O) groups excluding carboxylic acids is 5. The van der Waals surface area contributed by atoms with E-state index in [1.807, 2.05) is 41.0 Å². The second-order valence-corrected chi connectivity index (χ2v) is 11.7. The van der Waals surface area contributed by atoms with E-state index in [-0.39, 0.29) is 24.0 Å².